The Hall–Kier alpha value is -1.89. The van der Waals surface area contributed by atoms with Crippen LogP contribution in [0.2, 0.25) is 0 Å². The van der Waals surface area contributed by atoms with Crippen LogP contribution in [-0.2, 0) is 27.0 Å². The summed E-state index contributed by atoms with van der Waals surface area (Å²) in [5, 5.41) is 0. The fourth-order valence-electron chi connectivity index (χ4n) is 1.90. The Morgan fingerprint density at radius 3 is 2.26 bits per heavy atom. The van der Waals surface area contributed by atoms with Gasteiger partial charge in [-0.3, -0.25) is 14.5 Å². The maximum absolute atomic E-state index is 12.8. The molecule has 0 spiro atoms. The summed E-state index contributed by atoms with van der Waals surface area (Å²) >= 11 is 0. The Balaban J connectivity index is 2.19. The second kappa shape index (κ2) is 5.00. The van der Waals surface area contributed by atoms with Gasteiger partial charge in [-0.05, 0) is 11.6 Å². The van der Waals surface area contributed by atoms with Crippen LogP contribution >= 0.6 is 0 Å². The molecule has 0 N–H and O–H groups in total. The lowest BCUT2D eigenvalue weighted by Gasteiger charge is -2.25. The normalized spacial score (nSPS) is 17.4. The minimum atomic E-state index is -4.46. The van der Waals surface area contributed by atoms with Crippen LogP contribution < -0.4 is 0 Å². The van der Waals surface area contributed by atoms with Gasteiger partial charge in [0.05, 0.1) is 18.7 Å². The molecule has 1 aromatic carbocycles. The standard InChI is InChI=1S/C12H10F3NO3/c13-12(14,15)9-4-2-1-3-8(9)5-16-6-10(17)19-11(18)7-16/h1-4H,5-7H2. The quantitative estimate of drug-likeness (QED) is 0.606. The number of alkyl halides is 3. The average molecular weight is 273 g/mol. The third-order valence-corrected chi connectivity index (χ3v) is 2.65. The van der Waals surface area contributed by atoms with Gasteiger partial charge in [0.2, 0.25) is 0 Å². The largest absolute Gasteiger partial charge is 0.416 e. The van der Waals surface area contributed by atoms with Crippen LogP contribution in [0.3, 0.4) is 0 Å². The van der Waals surface area contributed by atoms with Crippen LogP contribution in [0.25, 0.3) is 0 Å². The van der Waals surface area contributed by atoms with Gasteiger partial charge >= 0.3 is 18.1 Å². The highest BCUT2D eigenvalue weighted by atomic mass is 19.4. The number of halogens is 3. The number of carbonyl (C=O) groups excluding carboxylic acids is 2. The molecule has 0 amide bonds. The van der Waals surface area contributed by atoms with Gasteiger partial charge in [-0.15, -0.1) is 0 Å². The summed E-state index contributed by atoms with van der Waals surface area (Å²) in [4.78, 5) is 23.4. The topological polar surface area (TPSA) is 46.6 Å². The highest BCUT2D eigenvalue weighted by Gasteiger charge is 2.34. The van der Waals surface area contributed by atoms with Gasteiger partial charge < -0.3 is 4.74 Å². The maximum atomic E-state index is 12.8. The summed E-state index contributed by atoms with van der Waals surface area (Å²) in [6.45, 7) is -0.521. The SMILES string of the molecule is O=C1CN(Cc2ccccc2C(F)(F)F)CC(=O)O1. The first-order valence-electron chi connectivity index (χ1n) is 5.47. The summed E-state index contributed by atoms with van der Waals surface area (Å²) in [6, 6.07) is 5.07. The molecule has 1 fully saturated rings. The molecule has 1 aromatic rings. The lowest BCUT2D eigenvalue weighted by molar-refractivity contribution is -0.167. The molecule has 7 heteroatoms. The van der Waals surface area contributed by atoms with Crippen molar-refractivity contribution in [3.05, 3.63) is 35.4 Å². The number of hydrogen-bond donors (Lipinski definition) is 0. The Kier molecular flexibility index (Phi) is 3.57. The molecule has 1 aliphatic heterocycles. The van der Waals surface area contributed by atoms with E-state index in [2.05, 4.69) is 4.74 Å². The van der Waals surface area contributed by atoms with Crippen LogP contribution in [0.15, 0.2) is 24.3 Å². The number of ether oxygens (including phenoxy) is 1. The summed E-state index contributed by atoms with van der Waals surface area (Å²) < 4.78 is 42.6. The van der Waals surface area contributed by atoms with Crippen molar-refractivity contribution in [1.82, 2.24) is 4.90 Å². The first kappa shape index (κ1) is 13.5. The number of cyclic esters (lactones) is 2. The van der Waals surface area contributed by atoms with E-state index in [-0.39, 0.29) is 25.2 Å². The Morgan fingerprint density at radius 2 is 1.68 bits per heavy atom. The third-order valence-electron chi connectivity index (χ3n) is 2.65. The van der Waals surface area contributed by atoms with Gasteiger partial charge in [0.1, 0.15) is 0 Å². The van der Waals surface area contributed by atoms with Crippen LogP contribution in [0.5, 0.6) is 0 Å². The van der Waals surface area contributed by atoms with Crippen molar-refractivity contribution in [2.75, 3.05) is 13.1 Å². The van der Waals surface area contributed by atoms with E-state index < -0.39 is 23.7 Å². The zero-order valence-corrected chi connectivity index (χ0v) is 9.74. The van der Waals surface area contributed by atoms with E-state index in [0.717, 1.165) is 6.07 Å². The molecule has 0 radical (unpaired) electrons. The number of rotatable bonds is 2. The molecule has 0 atom stereocenters. The van der Waals surface area contributed by atoms with Gasteiger partial charge in [-0.2, -0.15) is 13.2 Å². The smallest absolute Gasteiger partial charge is 0.391 e. The summed E-state index contributed by atoms with van der Waals surface area (Å²) in [5.41, 5.74) is -0.737. The van der Waals surface area contributed by atoms with E-state index in [1.807, 2.05) is 0 Å². The summed E-state index contributed by atoms with van der Waals surface area (Å²) in [5.74, 6) is -1.50. The number of hydrogen-bond acceptors (Lipinski definition) is 4. The zero-order chi connectivity index (χ0) is 14.0. The average Bonchev–Trinajstić information content (AvgIpc) is 2.26. The van der Waals surface area contributed by atoms with Crippen molar-refractivity contribution in [2.24, 2.45) is 0 Å². The number of esters is 2. The van der Waals surface area contributed by atoms with Gasteiger partial charge in [0, 0.05) is 6.54 Å². The minimum Gasteiger partial charge on any atom is -0.391 e. The molecule has 0 unspecified atom stereocenters. The molecule has 1 heterocycles. The second-order valence-electron chi connectivity index (χ2n) is 4.15. The van der Waals surface area contributed by atoms with Gasteiger partial charge in [-0.1, -0.05) is 18.2 Å². The van der Waals surface area contributed by atoms with Crippen LogP contribution in [0.4, 0.5) is 13.2 Å². The fraction of sp³-hybridized carbons (Fsp3) is 0.333. The highest BCUT2D eigenvalue weighted by molar-refractivity contribution is 5.90. The van der Waals surface area contributed by atoms with Gasteiger partial charge in [-0.25, -0.2) is 0 Å². The molecular formula is C12H10F3NO3. The molecule has 0 aromatic heterocycles. The lowest BCUT2D eigenvalue weighted by atomic mass is 10.1. The third kappa shape index (κ3) is 3.31. The summed E-state index contributed by atoms with van der Waals surface area (Å²) in [7, 11) is 0. The molecular weight excluding hydrogens is 263 g/mol. The molecule has 0 bridgehead atoms. The first-order valence-corrected chi connectivity index (χ1v) is 5.47. The highest BCUT2D eigenvalue weighted by Crippen LogP contribution is 2.32. The van der Waals surface area contributed by atoms with E-state index in [1.165, 1.54) is 23.1 Å². The van der Waals surface area contributed by atoms with Crippen LogP contribution in [0.1, 0.15) is 11.1 Å². The fourth-order valence-corrected chi connectivity index (χ4v) is 1.90. The number of morpholine rings is 1. The Labute approximate surface area is 106 Å². The number of carbonyl (C=O) groups is 2. The zero-order valence-electron chi connectivity index (χ0n) is 9.74. The Morgan fingerprint density at radius 1 is 1.11 bits per heavy atom. The monoisotopic (exact) mass is 273 g/mol. The van der Waals surface area contributed by atoms with Crippen molar-refractivity contribution in [2.45, 2.75) is 12.7 Å². The van der Waals surface area contributed by atoms with E-state index in [0.29, 0.717) is 0 Å². The number of benzene rings is 1. The predicted octanol–water partition coefficient (Wildman–Crippen LogP) is 1.59. The maximum Gasteiger partial charge on any atom is 0.416 e. The molecule has 0 aliphatic carbocycles. The molecule has 1 saturated heterocycles. The van der Waals surface area contributed by atoms with E-state index >= 15 is 0 Å². The van der Waals surface area contributed by atoms with Crippen LogP contribution in [-0.4, -0.2) is 29.9 Å². The molecule has 102 valence electrons. The lowest BCUT2D eigenvalue weighted by Crippen LogP contribution is -2.42. The predicted molar refractivity (Wildman–Crippen MR) is 57.8 cm³/mol. The van der Waals surface area contributed by atoms with E-state index in [4.69, 9.17) is 0 Å². The molecule has 0 saturated carbocycles. The summed E-state index contributed by atoms with van der Waals surface area (Å²) in [6.07, 6.45) is -4.46. The van der Waals surface area contributed by atoms with Crippen molar-refractivity contribution < 1.29 is 27.5 Å². The first-order chi connectivity index (χ1) is 8.86. The van der Waals surface area contributed by atoms with Crippen molar-refractivity contribution >= 4 is 11.9 Å². The molecule has 19 heavy (non-hydrogen) atoms. The second-order valence-corrected chi connectivity index (χ2v) is 4.15. The molecule has 1 aliphatic rings. The molecule has 2 rings (SSSR count). The minimum absolute atomic E-state index is 0.0255. The molecule has 4 nitrogen and oxygen atoms in total. The van der Waals surface area contributed by atoms with Crippen molar-refractivity contribution in [1.29, 1.82) is 0 Å². The van der Waals surface area contributed by atoms with Crippen LogP contribution in [0, 0.1) is 0 Å². The van der Waals surface area contributed by atoms with E-state index in [9.17, 15) is 22.8 Å². The van der Waals surface area contributed by atoms with Gasteiger partial charge in [0.25, 0.3) is 0 Å². The Bertz CT molecular complexity index is 497. The van der Waals surface area contributed by atoms with Gasteiger partial charge in [0.15, 0.2) is 0 Å². The van der Waals surface area contributed by atoms with Crippen molar-refractivity contribution in [3.63, 3.8) is 0 Å². The number of nitrogens with zero attached hydrogens (tertiary/aromatic N) is 1. The van der Waals surface area contributed by atoms with Crippen molar-refractivity contribution in [3.8, 4) is 0 Å². The van der Waals surface area contributed by atoms with E-state index in [1.54, 1.807) is 0 Å².